The van der Waals surface area contributed by atoms with Crippen molar-refractivity contribution in [2.75, 3.05) is 6.54 Å². The lowest BCUT2D eigenvalue weighted by Crippen LogP contribution is -2.48. The summed E-state index contributed by atoms with van der Waals surface area (Å²) in [6.45, 7) is 3.62. The van der Waals surface area contributed by atoms with E-state index in [1.165, 1.54) is 18.4 Å². The molecule has 0 aliphatic heterocycles. The van der Waals surface area contributed by atoms with Gasteiger partial charge < -0.3 is 10.2 Å². The molecule has 80 valence electrons. The van der Waals surface area contributed by atoms with Crippen LogP contribution in [0.3, 0.4) is 0 Å². The molecule has 0 amide bonds. The molecule has 0 bridgehead atoms. The topological polar surface area (TPSA) is 85.3 Å². The average molecular weight is 218 g/mol. The third-order valence-electron chi connectivity index (χ3n) is 1.68. The van der Waals surface area contributed by atoms with E-state index in [4.69, 9.17) is 10.2 Å². The Kier molecular flexibility index (Phi) is 2.98. The molecule has 1 aromatic rings. The van der Waals surface area contributed by atoms with Crippen LogP contribution < -0.4 is 10.5 Å². The summed E-state index contributed by atoms with van der Waals surface area (Å²) in [5.41, 5.74) is 4.73. The molecule has 1 aromatic heterocycles. The maximum atomic E-state index is 11.6. The van der Waals surface area contributed by atoms with Crippen LogP contribution >= 0.6 is 0 Å². The second kappa shape index (κ2) is 3.72. The zero-order chi connectivity index (χ0) is 10.8. The number of hydrogen-bond acceptors (Lipinski definition) is 4. The second-order valence-corrected chi connectivity index (χ2v) is 5.24. The summed E-state index contributed by atoms with van der Waals surface area (Å²) >= 11 is 0. The van der Waals surface area contributed by atoms with Crippen LogP contribution in [0.15, 0.2) is 27.9 Å². The number of sulfonamides is 1. The van der Waals surface area contributed by atoms with E-state index < -0.39 is 15.6 Å². The summed E-state index contributed by atoms with van der Waals surface area (Å²) in [6.07, 6.45) is 1.31. The minimum absolute atomic E-state index is 0.0981. The van der Waals surface area contributed by atoms with Crippen molar-refractivity contribution < 1.29 is 12.8 Å². The molecule has 0 aromatic carbocycles. The van der Waals surface area contributed by atoms with E-state index in [-0.39, 0.29) is 11.6 Å². The van der Waals surface area contributed by atoms with Gasteiger partial charge in [-0.1, -0.05) is 0 Å². The molecule has 0 aliphatic carbocycles. The first-order valence-electron chi connectivity index (χ1n) is 4.15. The van der Waals surface area contributed by atoms with Gasteiger partial charge in [0, 0.05) is 12.1 Å². The average Bonchev–Trinajstić information content (AvgIpc) is 2.54. The Balaban J connectivity index is 2.89. The zero-order valence-electron chi connectivity index (χ0n) is 8.15. The van der Waals surface area contributed by atoms with Gasteiger partial charge in [-0.2, -0.15) is 0 Å². The van der Waals surface area contributed by atoms with Gasteiger partial charge in [-0.15, -0.1) is 0 Å². The summed E-state index contributed by atoms with van der Waals surface area (Å²) < 4.78 is 30.5. The third kappa shape index (κ3) is 2.57. The van der Waals surface area contributed by atoms with Crippen LogP contribution in [0, 0.1) is 0 Å². The van der Waals surface area contributed by atoms with E-state index in [9.17, 15) is 8.42 Å². The molecule has 0 atom stereocenters. The Morgan fingerprint density at radius 2 is 2.21 bits per heavy atom. The molecule has 0 unspecified atom stereocenters. The van der Waals surface area contributed by atoms with Gasteiger partial charge in [0.05, 0.1) is 6.26 Å². The first-order valence-corrected chi connectivity index (χ1v) is 5.63. The van der Waals surface area contributed by atoms with Crippen molar-refractivity contribution in [2.45, 2.75) is 24.5 Å². The highest BCUT2D eigenvalue weighted by atomic mass is 32.2. The van der Waals surface area contributed by atoms with Gasteiger partial charge in [-0.25, -0.2) is 13.1 Å². The second-order valence-electron chi connectivity index (χ2n) is 3.63. The van der Waals surface area contributed by atoms with Crippen molar-refractivity contribution in [2.24, 2.45) is 5.73 Å². The van der Waals surface area contributed by atoms with Gasteiger partial charge in [-0.3, -0.25) is 0 Å². The van der Waals surface area contributed by atoms with Crippen molar-refractivity contribution in [3.63, 3.8) is 0 Å². The van der Waals surface area contributed by atoms with Gasteiger partial charge in [0.2, 0.25) is 5.09 Å². The highest BCUT2D eigenvalue weighted by Gasteiger charge is 2.26. The van der Waals surface area contributed by atoms with Crippen LogP contribution in [0.25, 0.3) is 0 Å². The largest absolute Gasteiger partial charge is 0.452 e. The lowest BCUT2D eigenvalue weighted by Gasteiger charge is -2.22. The van der Waals surface area contributed by atoms with Crippen LogP contribution in [0.4, 0.5) is 0 Å². The molecule has 0 spiro atoms. The first-order chi connectivity index (χ1) is 6.37. The molecule has 1 rings (SSSR count). The van der Waals surface area contributed by atoms with Crippen molar-refractivity contribution in [1.82, 2.24) is 4.72 Å². The molecule has 0 saturated carbocycles. The Morgan fingerprint density at radius 3 is 2.64 bits per heavy atom. The van der Waals surface area contributed by atoms with Crippen molar-refractivity contribution in [3.8, 4) is 0 Å². The SMILES string of the molecule is CC(C)(CN)NS(=O)(=O)c1ccco1. The molecule has 0 aliphatic rings. The smallest absolute Gasteiger partial charge is 0.274 e. The number of nitrogens with one attached hydrogen (secondary N) is 1. The van der Waals surface area contributed by atoms with Crippen LogP contribution in [-0.2, 0) is 10.0 Å². The van der Waals surface area contributed by atoms with Crippen molar-refractivity contribution in [1.29, 1.82) is 0 Å². The van der Waals surface area contributed by atoms with E-state index in [2.05, 4.69) is 4.72 Å². The summed E-state index contributed by atoms with van der Waals surface area (Å²) in [6, 6.07) is 2.90. The maximum absolute atomic E-state index is 11.6. The van der Waals surface area contributed by atoms with E-state index in [1.54, 1.807) is 13.8 Å². The maximum Gasteiger partial charge on any atom is 0.274 e. The minimum Gasteiger partial charge on any atom is -0.452 e. The molecule has 0 radical (unpaired) electrons. The zero-order valence-corrected chi connectivity index (χ0v) is 8.97. The molecule has 3 N–H and O–H groups in total. The predicted molar refractivity (Wildman–Crippen MR) is 52.2 cm³/mol. The highest BCUT2D eigenvalue weighted by molar-refractivity contribution is 7.89. The fraction of sp³-hybridized carbons (Fsp3) is 0.500. The fourth-order valence-corrected chi connectivity index (χ4v) is 2.22. The number of nitrogens with two attached hydrogens (primary N) is 1. The monoisotopic (exact) mass is 218 g/mol. The summed E-state index contributed by atoms with van der Waals surface area (Å²) in [5.74, 6) is 0. The minimum atomic E-state index is -3.58. The molecular formula is C8H14N2O3S. The molecule has 0 saturated heterocycles. The highest BCUT2D eigenvalue weighted by Crippen LogP contribution is 2.12. The van der Waals surface area contributed by atoms with Crippen LogP contribution in [0.5, 0.6) is 0 Å². The third-order valence-corrected chi connectivity index (χ3v) is 3.26. The molecule has 14 heavy (non-hydrogen) atoms. The standard InChI is InChI=1S/C8H14N2O3S/c1-8(2,6-9)10-14(11,12)7-4-3-5-13-7/h3-5,10H,6,9H2,1-2H3. The Bertz CT molecular complexity index is 381. The molecule has 1 heterocycles. The lowest BCUT2D eigenvalue weighted by atomic mass is 10.1. The van der Waals surface area contributed by atoms with Crippen LogP contribution in [0.1, 0.15) is 13.8 Å². The Labute approximate surface area is 83.3 Å². The van der Waals surface area contributed by atoms with E-state index in [1.807, 2.05) is 0 Å². The Morgan fingerprint density at radius 1 is 1.57 bits per heavy atom. The predicted octanol–water partition coefficient (Wildman–Crippen LogP) is 0.295. The van der Waals surface area contributed by atoms with E-state index in [0.29, 0.717) is 0 Å². The first kappa shape index (κ1) is 11.2. The quantitative estimate of drug-likeness (QED) is 0.761. The van der Waals surface area contributed by atoms with Gasteiger partial charge in [0.1, 0.15) is 0 Å². The van der Waals surface area contributed by atoms with Gasteiger partial charge >= 0.3 is 0 Å². The van der Waals surface area contributed by atoms with Crippen molar-refractivity contribution in [3.05, 3.63) is 18.4 Å². The lowest BCUT2D eigenvalue weighted by molar-refractivity contribution is 0.420. The summed E-state index contributed by atoms with van der Waals surface area (Å²) in [7, 11) is -3.58. The fourth-order valence-electron chi connectivity index (χ4n) is 0.872. The Hall–Kier alpha value is -0.850. The summed E-state index contributed by atoms with van der Waals surface area (Å²) in [4.78, 5) is 0. The molecule has 6 heteroatoms. The number of hydrogen-bond donors (Lipinski definition) is 2. The van der Waals surface area contributed by atoms with E-state index >= 15 is 0 Å². The van der Waals surface area contributed by atoms with Crippen LogP contribution in [0.2, 0.25) is 0 Å². The van der Waals surface area contributed by atoms with Crippen molar-refractivity contribution >= 4 is 10.0 Å². The summed E-state index contributed by atoms with van der Waals surface area (Å²) in [5, 5.41) is -0.0981. The van der Waals surface area contributed by atoms with Gasteiger partial charge in [0.25, 0.3) is 10.0 Å². The van der Waals surface area contributed by atoms with Crippen LogP contribution in [-0.4, -0.2) is 20.5 Å². The molecular weight excluding hydrogens is 204 g/mol. The number of rotatable bonds is 4. The van der Waals surface area contributed by atoms with E-state index in [0.717, 1.165) is 0 Å². The van der Waals surface area contributed by atoms with Gasteiger partial charge in [0.15, 0.2) is 0 Å². The number of furan rings is 1. The normalized spacial score (nSPS) is 13.1. The molecule has 0 fully saturated rings. The molecule has 5 nitrogen and oxygen atoms in total. The van der Waals surface area contributed by atoms with Gasteiger partial charge in [-0.05, 0) is 26.0 Å².